The highest BCUT2D eigenvalue weighted by Crippen LogP contribution is 2.31. The molecule has 0 radical (unpaired) electrons. The Kier molecular flexibility index (Phi) is 5.20. The Hall–Kier alpha value is -0.353. The number of hydrogen-bond donors (Lipinski definition) is 0. The van der Waals surface area contributed by atoms with E-state index in [0.29, 0.717) is 0 Å². The number of methoxy groups -OCH3 is 1. The van der Waals surface area contributed by atoms with Gasteiger partial charge in [-0.2, -0.15) is 0 Å². The van der Waals surface area contributed by atoms with E-state index in [4.69, 9.17) is 9.16 Å². The Labute approximate surface area is 101 Å². The molecule has 2 atom stereocenters. The van der Waals surface area contributed by atoms with Crippen molar-refractivity contribution < 1.29 is 14.0 Å². The number of carbonyl (C=O) groups is 1. The fourth-order valence-electron chi connectivity index (χ4n) is 1.72. The highest BCUT2D eigenvalue weighted by Gasteiger charge is 2.38. The van der Waals surface area contributed by atoms with Crippen LogP contribution in [0.3, 0.4) is 0 Å². The van der Waals surface area contributed by atoms with Crippen LogP contribution >= 0.6 is 0 Å². The Bertz CT molecular complexity index is 238. The lowest BCUT2D eigenvalue weighted by Gasteiger charge is -2.38. The number of carbonyl (C=O) groups excluding carboxylic acids is 1. The molecule has 0 aliphatic heterocycles. The number of ether oxygens (including phenoxy) is 1. The zero-order valence-electron chi connectivity index (χ0n) is 11.9. The minimum atomic E-state index is -1.66. The first-order valence-corrected chi connectivity index (χ1v) is 9.15. The van der Waals surface area contributed by atoms with Gasteiger partial charge in [-0.05, 0) is 32.0 Å². The van der Waals surface area contributed by atoms with Gasteiger partial charge in [0.1, 0.15) is 0 Å². The second-order valence-electron chi connectivity index (χ2n) is 6.33. The van der Waals surface area contributed by atoms with Crippen molar-refractivity contribution in [3.8, 4) is 0 Å². The number of esters is 1. The van der Waals surface area contributed by atoms with Gasteiger partial charge in [0.25, 0.3) is 0 Å². The van der Waals surface area contributed by atoms with Crippen LogP contribution in [0.4, 0.5) is 0 Å². The minimum Gasteiger partial charge on any atom is -0.469 e. The number of hydrogen-bond acceptors (Lipinski definition) is 3. The van der Waals surface area contributed by atoms with E-state index in [-0.39, 0.29) is 23.4 Å². The molecule has 0 heterocycles. The molecule has 0 aliphatic carbocycles. The van der Waals surface area contributed by atoms with Crippen molar-refractivity contribution >= 4 is 14.3 Å². The van der Waals surface area contributed by atoms with Gasteiger partial charge >= 0.3 is 5.97 Å². The Balaban J connectivity index is 4.89. The highest BCUT2D eigenvalue weighted by molar-refractivity contribution is 6.69. The molecule has 0 amide bonds. The first-order valence-electron chi connectivity index (χ1n) is 5.74. The maximum absolute atomic E-state index is 11.6. The summed E-state index contributed by atoms with van der Waals surface area (Å²) in [6, 6.07) is 0. The molecule has 0 N–H and O–H groups in total. The molecule has 16 heavy (non-hydrogen) atoms. The van der Waals surface area contributed by atoms with Crippen LogP contribution in [0.15, 0.2) is 0 Å². The second kappa shape index (κ2) is 5.32. The zero-order chi connectivity index (χ0) is 13.1. The van der Waals surface area contributed by atoms with E-state index < -0.39 is 8.32 Å². The lowest BCUT2D eigenvalue weighted by Crippen LogP contribution is -2.45. The van der Waals surface area contributed by atoms with Crippen LogP contribution in [-0.2, 0) is 14.0 Å². The summed E-state index contributed by atoms with van der Waals surface area (Å²) in [5.41, 5.74) is -0.0616. The normalized spacial score (nSPS) is 16.8. The molecule has 0 saturated carbocycles. The van der Waals surface area contributed by atoms with Crippen molar-refractivity contribution in [2.24, 2.45) is 11.3 Å². The van der Waals surface area contributed by atoms with Gasteiger partial charge in [-0.3, -0.25) is 4.79 Å². The molecular formula is C12H26O3Si. The van der Waals surface area contributed by atoms with Crippen LogP contribution in [0.25, 0.3) is 0 Å². The monoisotopic (exact) mass is 246 g/mol. The molecule has 3 nitrogen and oxygen atoms in total. The molecule has 96 valence electrons. The molecule has 0 saturated heterocycles. The smallest absolute Gasteiger partial charge is 0.310 e. The third-order valence-electron chi connectivity index (χ3n) is 2.36. The maximum Gasteiger partial charge on any atom is 0.310 e. The van der Waals surface area contributed by atoms with Crippen molar-refractivity contribution in [2.45, 2.75) is 53.4 Å². The second-order valence-corrected chi connectivity index (χ2v) is 10.8. The molecule has 0 aromatic rings. The van der Waals surface area contributed by atoms with Gasteiger partial charge in [-0.15, -0.1) is 0 Å². The summed E-state index contributed by atoms with van der Waals surface area (Å²) in [5, 5.41) is 0. The Morgan fingerprint density at radius 1 is 1.19 bits per heavy atom. The van der Waals surface area contributed by atoms with Gasteiger partial charge < -0.3 is 9.16 Å². The predicted octanol–water partition coefficient (Wildman–Crippen LogP) is 3.06. The molecule has 0 aromatic heterocycles. The first-order chi connectivity index (χ1) is 6.99. The predicted molar refractivity (Wildman–Crippen MR) is 68.9 cm³/mol. The van der Waals surface area contributed by atoms with E-state index in [1.54, 1.807) is 0 Å². The van der Waals surface area contributed by atoms with Gasteiger partial charge in [0.05, 0.1) is 19.1 Å². The number of rotatable bonds is 4. The average Bonchev–Trinajstić information content (AvgIpc) is 2.08. The van der Waals surface area contributed by atoms with Crippen LogP contribution in [0.5, 0.6) is 0 Å². The molecule has 0 spiro atoms. The van der Waals surface area contributed by atoms with Crippen LogP contribution in [0.2, 0.25) is 19.6 Å². The maximum atomic E-state index is 11.6. The fourth-order valence-corrected chi connectivity index (χ4v) is 3.04. The minimum absolute atomic E-state index is 0.0616. The van der Waals surface area contributed by atoms with Crippen LogP contribution in [0.1, 0.15) is 27.7 Å². The lowest BCUT2D eigenvalue weighted by atomic mass is 9.82. The molecule has 4 heteroatoms. The Morgan fingerprint density at radius 3 is 1.88 bits per heavy atom. The van der Waals surface area contributed by atoms with E-state index in [0.717, 1.165) is 0 Å². The molecular weight excluding hydrogens is 220 g/mol. The van der Waals surface area contributed by atoms with Gasteiger partial charge in [-0.25, -0.2) is 0 Å². The summed E-state index contributed by atoms with van der Waals surface area (Å²) in [4.78, 5) is 11.6. The molecule has 0 rings (SSSR count). The molecule has 0 aliphatic rings. The lowest BCUT2D eigenvalue weighted by molar-refractivity contribution is -0.150. The summed E-state index contributed by atoms with van der Waals surface area (Å²) in [6.07, 6.45) is -0.0911. The van der Waals surface area contributed by atoms with Crippen LogP contribution in [0, 0.1) is 11.3 Å². The molecule has 0 aromatic carbocycles. The van der Waals surface area contributed by atoms with E-state index in [1.165, 1.54) is 7.11 Å². The summed E-state index contributed by atoms with van der Waals surface area (Å²) >= 11 is 0. The van der Waals surface area contributed by atoms with Crippen molar-refractivity contribution in [3.05, 3.63) is 0 Å². The Morgan fingerprint density at radius 2 is 1.62 bits per heavy atom. The van der Waals surface area contributed by atoms with Crippen molar-refractivity contribution in [3.63, 3.8) is 0 Å². The average molecular weight is 246 g/mol. The summed E-state index contributed by atoms with van der Waals surface area (Å²) in [6.45, 7) is 14.6. The van der Waals surface area contributed by atoms with Crippen molar-refractivity contribution in [1.82, 2.24) is 0 Å². The topological polar surface area (TPSA) is 35.5 Å². The zero-order valence-corrected chi connectivity index (χ0v) is 12.9. The molecule has 0 unspecified atom stereocenters. The van der Waals surface area contributed by atoms with Gasteiger partial charge in [0.15, 0.2) is 8.32 Å². The summed E-state index contributed by atoms with van der Waals surface area (Å²) in [7, 11) is -0.236. The van der Waals surface area contributed by atoms with Crippen molar-refractivity contribution in [2.75, 3.05) is 7.11 Å². The van der Waals surface area contributed by atoms with Gasteiger partial charge in [0.2, 0.25) is 0 Å². The van der Waals surface area contributed by atoms with E-state index >= 15 is 0 Å². The van der Waals surface area contributed by atoms with Gasteiger partial charge in [0, 0.05) is 0 Å². The summed E-state index contributed by atoms with van der Waals surface area (Å²) < 4.78 is 10.9. The molecule has 0 fully saturated rings. The third-order valence-corrected chi connectivity index (χ3v) is 3.32. The third kappa shape index (κ3) is 5.12. The molecule has 0 bridgehead atoms. The standard InChI is InChI=1S/C12H26O3Si/c1-9(11(13)14-5)10(12(2,3)4)15-16(6,7)8/h9-10H,1-8H3/t9-,10-/m1/s1. The van der Waals surface area contributed by atoms with E-state index in [2.05, 4.69) is 40.4 Å². The fraction of sp³-hybridized carbons (Fsp3) is 0.917. The largest absolute Gasteiger partial charge is 0.469 e. The quantitative estimate of drug-likeness (QED) is 0.565. The highest BCUT2D eigenvalue weighted by atomic mass is 28.4. The van der Waals surface area contributed by atoms with Gasteiger partial charge in [-0.1, -0.05) is 20.8 Å². The van der Waals surface area contributed by atoms with Crippen LogP contribution in [-0.4, -0.2) is 27.5 Å². The summed E-state index contributed by atoms with van der Waals surface area (Å²) in [5.74, 6) is -0.421. The van der Waals surface area contributed by atoms with Crippen molar-refractivity contribution in [1.29, 1.82) is 0 Å². The van der Waals surface area contributed by atoms with E-state index in [9.17, 15) is 4.79 Å². The SMILES string of the molecule is COC(=O)[C@H](C)[C@@H](O[Si](C)(C)C)C(C)(C)C. The van der Waals surface area contributed by atoms with Crippen LogP contribution < -0.4 is 0 Å². The van der Waals surface area contributed by atoms with E-state index in [1.807, 2.05) is 6.92 Å². The first kappa shape index (κ1) is 15.6.